The van der Waals surface area contributed by atoms with E-state index in [1.54, 1.807) is 6.07 Å². The molecule has 0 saturated carbocycles. The maximum atomic E-state index is 14.2. The molecule has 3 aliphatic heterocycles. The number of carbonyl (C=O) groups is 3. The first-order valence-corrected chi connectivity index (χ1v) is 12.9. The van der Waals surface area contributed by atoms with Crippen molar-refractivity contribution in [1.29, 1.82) is 0 Å². The molecule has 40 heavy (non-hydrogen) atoms. The molecule has 3 amide bonds. The maximum absolute atomic E-state index is 14.2. The summed E-state index contributed by atoms with van der Waals surface area (Å²) >= 11 is 0. The molecule has 9 heteroatoms. The van der Waals surface area contributed by atoms with Crippen LogP contribution in [0, 0.1) is 22.0 Å². The smallest absolute Gasteiger partial charge is 0.269 e. The van der Waals surface area contributed by atoms with E-state index >= 15 is 0 Å². The predicted octanol–water partition coefficient (Wildman–Crippen LogP) is 4.78. The molecule has 2 fully saturated rings. The molecule has 9 nitrogen and oxygen atoms in total. The highest BCUT2D eigenvalue weighted by molar-refractivity contribution is 6.27. The summed E-state index contributed by atoms with van der Waals surface area (Å²) in [6, 6.07) is 24.7. The summed E-state index contributed by atoms with van der Waals surface area (Å²) in [5, 5.41) is 15.6. The van der Waals surface area contributed by atoms with Crippen LogP contribution in [0.1, 0.15) is 5.56 Å². The van der Waals surface area contributed by atoms with Crippen LogP contribution < -0.4 is 15.1 Å². The van der Waals surface area contributed by atoms with Crippen molar-refractivity contribution in [1.82, 2.24) is 0 Å². The monoisotopic (exact) mass is 530 g/mol. The van der Waals surface area contributed by atoms with E-state index in [4.69, 9.17) is 0 Å². The van der Waals surface area contributed by atoms with Gasteiger partial charge < -0.3 is 10.2 Å². The molecule has 4 aromatic carbocycles. The Morgan fingerprint density at radius 3 is 2.27 bits per heavy atom. The van der Waals surface area contributed by atoms with E-state index in [-0.39, 0.29) is 11.6 Å². The molecule has 0 bridgehead atoms. The third-order valence-electron chi connectivity index (χ3n) is 8.04. The fourth-order valence-corrected chi connectivity index (χ4v) is 6.34. The minimum atomic E-state index is -0.979. The highest BCUT2D eigenvalue weighted by Gasteiger charge is 2.64. The van der Waals surface area contributed by atoms with Gasteiger partial charge in [-0.05, 0) is 35.2 Å². The quantitative estimate of drug-likeness (QED) is 0.231. The van der Waals surface area contributed by atoms with Gasteiger partial charge in [0.05, 0.1) is 28.5 Å². The number of non-ortho nitro benzene ring substituents is 1. The van der Waals surface area contributed by atoms with Crippen molar-refractivity contribution in [3.05, 3.63) is 113 Å². The van der Waals surface area contributed by atoms with Gasteiger partial charge in [0.1, 0.15) is 6.04 Å². The van der Waals surface area contributed by atoms with E-state index in [0.29, 0.717) is 11.4 Å². The molecular weight excluding hydrogens is 508 g/mol. The van der Waals surface area contributed by atoms with Crippen LogP contribution in [0.2, 0.25) is 0 Å². The van der Waals surface area contributed by atoms with Crippen LogP contribution in [0.5, 0.6) is 0 Å². The van der Waals surface area contributed by atoms with Crippen molar-refractivity contribution >= 4 is 57.3 Å². The summed E-state index contributed by atoms with van der Waals surface area (Å²) in [5.74, 6) is -2.90. The Bertz CT molecular complexity index is 1760. The topological polar surface area (TPSA) is 113 Å². The molecule has 4 atom stereocenters. The number of nitrogens with zero attached hydrogens (tertiary/aromatic N) is 3. The van der Waals surface area contributed by atoms with Gasteiger partial charge in [0.25, 0.3) is 5.69 Å². The van der Waals surface area contributed by atoms with Crippen molar-refractivity contribution in [3.63, 3.8) is 0 Å². The zero-order chi connectivity index (χ0) is 27.5. The molecule has 7 rings (SSSR count). The second-order valence-corrected chi connectivity index (χ2v) is 10.1. The van der Waals surface area contributed by atoms with E-state index < -0.39 is 40.7 Å². The highest BCUT2D eigenvalue weighted by atomic mass is 16.6. The Balaban J connectivity index is 1.32. The largest absolute Gasteiger partial charge is 0.351 e. The van der Waals surface area contributed by atoms with Gasteiger partial charge in [-0.1, -0.05) is 66.7 Å². The normalized spacial score (nSPS) is 22.7. The van der Waals surface area contributed by atoms with E-state index in [1.807, 2.05) is 77.7 Å². The number of hydrogen-bond donors (Lipinski definition) is 1. The number of carbonyl (C=O) groups excluding carboxylic acids is 3. The van der Waals surface area contributed by atoms with Crippen LogP contribution in [-0.2, 0) is 14.4 Å². The third kappa shape index (κ3) is 3.44. The minimum absolute atomic E-state index is 0.101. The molecule has 196 valence electrons. The van der Waals surface area contributed by atoms with Gasteiger partial charge in [-0.2, -0.15) is 0 Å². The number of nitro groups is 1. The summed E-state index contributed by atoms with van der Waals surface area (Å²) < 4.78 is 0. The average molecular weight is 531 g/mol. The highest BCUT2D eigenvalue weighted by Crippen LogP contribution is 2.50. The summed E-state index contributed by atoms with van der Waals surface area (Å²) in [4.78, 5) is 55.9. The lowest BCUT2D eigenvalue weighted by Gasteiger charge is -2.36. The van der Waals surface area contributed by atoms with Crippen molar-refractivity contribution in [3.8, 4) is 0 Å². The zero-order valence-corrected chi connectivity index (χ0v) is 21.0. The minimum Gasteiger partial charge on any atom is -0.351 e. The molecule has 0 radical (unpaired) electrons. The van der Waals surface area contributed by atoms with Crippen LogP contribution >= 0.6 is 0 Å². The number of amides is 3. The van der Waals surface area contributed by atoms with Gasteiger partial charge in [-0.15, -0.1) is 0 Å². The van der Waals surface area contributed by atoms with Gasteiger partial charge in [0.15, 0.2) is 0 Å². The number of rotatable bonds is 4. The number of para-hydroxylation sites is 1. The van der Waals surface area contributed by atoms with E-state index in [1.165, 1.54) is 29.2 Å². The predicted molar refractivity (Wildman–Crippen MR) is 151 cm³/mol. The van der Waals surface area contributed by atoms with Crippen LogP contribution in [0.3, 0.4) is 0 Å². The number of benzene rings is 4. The van der Waals surface area contributed by atoms with Crippen molar-refractivity contribution in [2.24, 2.45) is 11.8 Å². The molecule has 3 heterocycles. The molecule has 1 N–H and O–H groups in total. The second kappa shape index (κ2) is 8.88. The standard InChI is InChI=1S/C31H22N4O5/c36-29(32-20-13-15-21(16-14-20)35(39)40)28-27-26(25-17-12-19-7-2-4-10-23(19)33(25)28)30(37)34(31(27)38)24-11-5-8-18-6-1-3-9-22(18)24/h1-17,25-28H,(H,32,36)/t25-,26+,27-,28+/m1/s1. The van der Waals surface area contributed by atoms with Gasteiger partial charge in [0, 0.05) is 28.9 Å². The molecule has 2 saturated heterocycles. The van der Waals surface area contributed by atoms with Crippen LogP contribution in [-0.4, -0.2) is 34.7 Å². The Hall–Kier alpha value is -5.31. The molecule has 0 unspecified atom stereocenters. The van der Waals surface area contributed by atoms with E-state index in [2.05, 4.69) is 5.32 Å². The number of imide groups is 1. The van der Waals surface area contributed by atoms with E-state index in [9.17, 15) is 24.5 Å². The summed E-state index contributed by atoms with van der Waals surface area (Å²) in [6.07, 6.45) is 3.83. The zero-order valence-electron chi connectivity index (χ0n) is 21.0. The molecule has 0 spiro atoms. The summed E-state index contributed by atoms with van der Waals surface area (Å²) in [7, 11) is 0. The Kier molecular flexibility index (Phi) is 5.28. The van der Waals surface area contributed by atoms with Crippen LogP contribution in [0.15, 0.2) is 97.1 Å². The molecule has 4 aromatic rings. The summed E-state index contributed by atoms with van der Waals surface area (Å²) in [6.45, 7) is 0. The first kappa shape index (κ1) is 23.8. The van der Waals surface area contributed by atoms with Gasteiger partial charge in [-0.25, -0.2) is 4.90 Å². The number of hydrogen-bond acceptors (Lipinski definition) is 6. The lowest BCUT2D eigenvalue weighted by Crippen LogP contribution is -2.50. The number of anilines is 3. The van der Waals surface area contributed by atoms with Crippen molar-refractivity contribution in [2.75, 3.05) is 15.1 Å². The Labute approximate surface area is 228 Å². The number of nitrogens with one attached hydrogen (secondary N) is 1. The summed E-state index contributed by atoms with van der Waals surface area (Å²) in [5.41, 5.74) is 2.42. The first-order chi connectivity index (χ1) is 19.4. The third-order valence-corrected chi connectivity index (χ3v) is 8.04. The van der Waals surface area contributed by atoms with Gasteiger partial charge in [-0.3, -0.25) is 24.5 Å². The van der Waals surface area contributed by atoms with Gasteiger partial charge >= 0.3 is 0 Å². The molecule has 3 aliphatic rings. The molecule has 0 aromatic heterocycles. The van der Waals surface area contributed by atoms with Crippen molar-refractivity contribution < 1.29 is 19.3 Å². The molecule has 0 aliphatic carbocycles. The number of fused-ring (bicyclic) bond motifs is 6. The van der Waals surface area contributed by atoms with Crippen molar-refractivity contribution in [2.45, 2.75) is 12.1 Å². The Morgan fingerprint density at radius 2 is 1.48 bits per heavy atom. The SMILES string of the molecule is O=C(Nc1ccc([N+](=O)[O-])cc1)[C@@H]1[C@@H]2C(=O)N(c3cccc4ccccc34)C(=O)[C@H]2[C@H]2C=Cc3ccccc3N21. The molecular formula is C31H22N4O5. The fourth-order valence-electron chi connectivity index (χ4n) is 6.34. The number of nitro benzene ring substituents is 1. The first-order valence-electron chi connectivity index (χ1n) is 12.9. The second-order valence-electron chi connectivity index (χ2n) is 10.1. The average Bonchev–Trinajstić information content (AvgIpc) is 3.45. The van der Waals surface area contributed by atoms with Crippen LogP contribution in [0.25, 0.3) is 16.8 Å². The lowest BCUT2D eigenvalue weighted by molar-refractivity contribution is -0.384. The van der Waals surface area contributed by atoms with Crippen LogP contribution in [0.4, 0.5) is 22.7 Å². The maximum Gasteiger partial charge on any atom is 0.269 e. The van der Waals surface area contributed by atoms with Gasteiger partial charge in [0.2, 0.25) is 17.7 Å². The Morgan fingerprint density at radius 1 is 0.800 bits per heavy atom. The van der Waals surface area contributed by atoms with E-state index in [0.717, 1.165) is 22.0 Å². The fraction of sp³-hybridized carbons (Fsp3) is 0.129. The lowest BCUT2D eigenvalue weighted by atomic mass is 9.88.